The van der Waals surface area contributed by atoms with E-state index in [2.05, 4.69) is 15.8 Å². The van der Waals surface area contributed by atoms with Crippen molar-refractivity contribution in [2.75, 3.05) is 5.32 Å². The molecule has 0 aliphatic carbocycles. The molecule has 1 aromatic carbocycles. The zero-order valence-corrected chi connectivity index (χ0v) is 10.5. The highest BCUT2D eigenvalue weighted by atomic mass is 35.5. The third kappa shape index (κ3) is 2.68. The lowest BCUT2D eigenvalue weighted by molar-refractivity contribution is -0.121. The van der Waals surface area contributed by atoms with Gasteiger partial charge in [-0.3, -0.25) is 9.59 Å². The van der Waals surface area contributed by atoms with Crippen molar-refractivity contribution in [2.45, 2.75) is 19.8 Å². The predicted octanol–water partition coefficient (Wildman–Crippen LogP) is 1.85. The van der Waals surface area contributed by atoms with Gasteiger partial charge in [-0.1, -0.05) is 23.7 Å². The van der Waals surface area contributed by atoms with Gasteiger partial charge in [0, 0.05) is 12.8 Å². The van der Waals surface area contributed by atoms with E-state index in [1.54, 1.807) is 6.07 Å². The number of nitrogens with one attached hydrogen (secondary N) is 2. The summed E-state index contributed by atoms with van der Waals surface area (Å²) in [4.78, 5) is 22.9. The normalized spacial score (nSPS) is 14.8. The molecule has 0 saturated carbocycles. The maximum absolute atomic E-state index is 11.9. The molecule has 0 unspecified atom stereocenters. The highest BCUT2D eigenvalue weighted by Gasteiger charge is 2.19. The molecule has 0 spiro atoms. The van der Waals surface area contributed by atoms with Crippen molar-refractivity contribution in [3.05, 3.63) is 28.8 Å². The van der Waals surface area contributed by atoms with Gasteiger partial charge in [-0.15, -0.1) is 0 Å². The third-order valence-electron chi connectivity index (χ3n) is 2.63. The second-order valence-electron chi connectivity index (χ2n) is 3.98. The van der Waals surface area contributed by atoms with Crippen molar-refractivity contribution in [1.29, 1.82) is 0 Å². The van der Waals surface area contributed by atoms with Gasteiger partial charge in [-0.05, 0) is 18.6 Å². The molecule has 1 heterocycles. The van der Waals surface area contributed by atoms with Crippen LogP contribution in [0.1, 0.15) is 18.4 Å². The molecule has 18 heavy (non-hydrogen) atoms. The Morgan fingerprint density at radius 3 is 2.83 bits per heavy atom. The topological polar surface area (TPSA) is 70.6 Å². The lowest BCUT2D eigenvalue weighted by Crippen LogP contribution is -2.33. The van der Waals surface area contributed by atoms with Gasteiger partial charge in [0.2, 0.25) is 5.91 Å². The fourth-order valence-corrected chi connectivity index (χ4v) is 1.88. The Kier molecular flexibility index (Phi) is 3.62. The molecule has 0 bridgehead atoms. The molecule has 0 saturated heterocycles. The molecule has 94 valence electrons. The van der Waals surface area contributed by atoms with Gasteiger partial charge in [0.15, 0.2) is 0 Å². The van der Waals surface area contributed by atoms with E-state index in [0.29, 0.717) is 22.8 Å². The second-order valence-corrected chi connectivity index (χ2v) is 4.39. The van der Waals surface area contributed by atoms with E-state index in [9.17, 15) is 9.59 Å². The number of carbonyl (C=O) groups is 2. The number of hydrogen-bond donors (Lipinski definition) is 2. The summed E-state index contributed by atoms with van der Waals surface area (Å²) >= 11 is 6.01. The number of amides is 2. The van der Waals surface area contributed by atoms with Crippen LogP contribution in [0.3, 0.4) is 0 Å². The van der Waals surface area contributed by atoms with Gasteiger partial charge in [-0.25, -0.2) is 5.43 Å². The first-order chi connectivity index (χ1) is 8.58. The van der Waals surface area contributed by atoms with Crippen LogP contribution in [0, 0.1) is 6.92 Å². The maximum atomic E-state index is 11.9. The van der Waals surface area contributed by atoms with E-state index >= 15 is 0 Å². The minimum absolute atomic E-state index is 0.180. The van der Waals surface area contributed by atoms with Crippen LogP contribution >= 0.6 is 11.6 Å². The van der Waals surface area contributed by atoms with Gasteiger partial charge in [0.25, 0.3) is 5.91 Å². The molecule has 2 amide bonds. The molecule has 0 radical (unpaired) electrons. The zero-order chi connectivity index (χ0) is 13.1. The minimum atomic E-state index is -0.341. The molecule has 6 heteroatoms. The van der Waals surface area contributed by atoms with Crippen LogP contribution < -0.4 is 10.7 Å². The van der Waals surface area contributed by atoms with E-state index in [-0.39, 0.29) is 18.2 Å². The number of hydrazone groups is 1. The van der Waals surface area contributed by atoms with Crippen LogP contribution in [0.2, 0.25) is 5.02 Å². The van der Waals surface area contributed by atoms with Gasteiger partial charge >= 0.3 is 0 Å². The number of nitrogens with zero attached hydrogens (tertiary/aromatic N) is 1. The van der Waals surface area contributed by atoms with E-state index in [0.717, 1.165) is 5.56 Å². The molecule has 0 aromatic heterocycles. The molecular formula is C12H12ClN3O2. The summed E-state index contributed by atoms with van der Waals surface area (Å²) in [5.41, 5.74) is 4.03. The number of para-hydroxylation sites is 1. The number of benzene rings is 1. The lowest BCUT2D eigenvalue weighted by atomic mass is 10.1. The number of carbonyl (C=O) groups excluding carboxylic acids is 2. The van der Waals surface area contributed by atoms with Crippen molar-refractivity contribution in [3.63, 3.8) is 0 Å². The number of halogens is 1. The number of hydrogen-bond acceptors (Lipinski definition) is 3. The molecule has 2 rings (SSSR count). The highest BCUT2D eigenvalue weighted by molar-refractivity contribution is 6.44. The average molecular weight is 266 g/mol. The monoisotopic (exact) mass is 265 g/mol. The van der Waals surface area contributed by atoms with Crippen molar-refractivity contribution in [3.8, 4) is 0 Å². The summed E-state index contributed by atoms with van der Waals surface area (Å²) in [6.07, 6.45) is 0.606. The fraction of sp³-hybridized carbons (Fsp3) is 0.250. The first-order valence-electron chi connectivity index (χ1n) is 5.50. The van der Waals surface area contributed by atoms with Crippen LogP contribution in [-0.2, 0) is 9.59 Å². The van der Waals surface area contributed by atoms with E-state index < -0.39 is 0 Å². The maximum Gasteiger partial charge on any atom is 0.271 e. The predicted molar refractivity (Wildman–Crippen MR) is 69.6 cm³/mol. The third-order valence-corrected chi connectivity index (χ3v) is 2.94. The molecule has 0 fully saturated rings. The van der Waals surface area contributed by atoms with Crippen LogP contribution in [0.5, 0.6) is 0 Å². The Morgan fingerprint density at radius 1 is 1.44 bits per heavy atom. The van der Waals surface area contributed by atoms with E-state index in [1.165, 1.54) is 0 Å². The molecule has 1 aliphatic heterocycles. The van der Waals surface area contributed by atoms with Crippen LogP contribution in [0.15, 0.2) is 23.3 Å². The average Bonchev–Trinajstić information content (AvgIpc) is 2.34. The molecule has 2 N–H and O–H groups in total. The smallest absolute Gasteiger partial charge is 0.271 e. The summed E-state index contributed by atoms with van der Waals surface area (Å²) in [5, 5.41) is 6.91. The van der Waals surface area contributed by atoms with Crippen LogP contribution in [0.4, 0.5) is 5.69 Å². The summed E-state index contributed by atoms with van der Waals surface area (Å²) < 4.78 is 0. The first kappa shape index (κ1) is 12.6. The van der Waals surface area contributed by atoms with Crippen LogP contribution in [-0.4, -0.2) is 17.5 Å². The Labute approximate surface area is 109 Å². The summed E-state index contributed by atoms with van der Waals surface area (Å²) in [6.45, 7) is 1.85. The summed E-state index contributed by atoms with van der Waals surface area (Å²) in [7, 11) is 0. The molecular weight excluding hydrogens is 254 g/mol. The Morgan fingerprint density at radius 2 is 2.22 bits per heavy atom. The Bertz CT molecular complexity index is 520. The van der Waals surface area contributed by atoms with Crippen molar-refractivity contribution >= 4 is 34.8 Å². The largest absolute Gasteiger partial charge is 0.319 e. The molecule has 1 aromatic rings. The molecule has 5 nitrogen and oxygen atoms in total. The van der Waals surface area contributed by atoms with E-state index in [1.807, 2.05) is 19.1 Å². The quantitative estimate of drug-likeness (QED) is 0.857. The lowest BCUT2D eigenvalue weighted by Gasteiger charge is -2.14. The highest BCUT2D eigenvalue weighted by Crippen LogP contribution is 2.25. The number of rotatable bonds is 2. The standard InChI is InChI=1S/C12H12ClN3O2/c1-7-3-2-4-8(13)11(7)14-12(18)9-5-6-10(17)16-15-9/h2-4H,5-6H2,1H3,(H,14,18)(H,16,17). The van der Waals surface area contributed by atoms with Gasteiger partial charge in [0.05, 0.1) is 10.7 Å². The Hall–Kier alpha value is -1.88. The summed E-state index contributed by atoms with van der Waals surface area (Å²) in [5.74, 6) is -0.522. The summed E-state index contributed by atoms with van der Waals surface area (Å²) in [6, 6.07) is 5.37. The Balaban J connectivity index is 2.15. The molecule has 0 atom stereocenters. The van der Waals surface area contributed by atoms with Gasteiger partial charge in [0.1, 0.15) is 5.71 Å². The van der Waals surface area contributed by atoms with E-state index in [4.69, 9.17) is 11.6 Å². The SMILES string of the molecule is Cc1cccc(Cl)c1NC(=O)C1=NNC(=O)CC1. The van der Waals surface area contributed by atoms with Crippen molar-refractivity contribution in [2.24, 2.45) is 5.10 Å². The number of aryl methyl sites for hydroxylation is 1. The van der Waals surface area contributed by atoms with Crippen molar-refractivity contribution < 1.29 is 9.59 Å². The van der Waals surface area contributed by atoms with Gasteiger partial charge in [-0.2, -0.15) is 5.10 Å². The van der Waals surface area contributed by atoms with Gasteiger partial charge < -0.3 is 5.32 Å². The van der Waals surface area contributed by atoms with Crippen LogP contribution in [0.25, 0.3) is 0 Å². The van der Waals surface area contributed by atoms with Crippen molar-refractivity contribution in [1.82, 2.24) is 5.43 Å². The number of anilines is 1. The first-order valence-corrected chi connectivity index (χ1v) is 5.87. The zero-order valence-electron chi connectivity index (χ0n) is 9.79. The molecule has 1 aliphatic rings. The minimum Gasteiger partial charge on any atom is -0.319 e. The fourth-order valence-electron chi connectivity index (χ4n) is 1.61. The second kappa shape index (κ2) is 5.18.